The summed E-state index contributed by atoms with van der Waals surface area (Å²) < 4.78 is 29.9. The third kappa shape index (κ3) is 4.08. The molecule has 1 aliphatic rings. The molecular formula is C14H23N3O4S. The zero-order chi connectivity index (χ0) is 16.3. The van der Waals surface area contributed by atoms with Crippen molar-refractivity contribution in [2.75, 3.05) is 19.3 Å². The highest BCUT2D eigenvalue weighted by molar-refractivity contribution is 7.88. The molecular weight excluding hydrogens is 306 g/mol. The average Bonchev–Trinajstić information content (AvgIpc) is 2.92. The minimum absolute atomic E-state index is 0.0175. The van der Waals surface area contributed by atoms with Crippen molar-refractivity contribution < 1.29 is 17.6 Å². The van der Waals surface area contributed by atoms with E-state index in [-0.39, 0.29) is 24.3 Å². The normalized spacial score (nSPS) is 22.8. The van der Waals surface area contributed by atoms with Crippen molar-refractivity contribution in [3.63, 3.8) is 0 Å². The lowest BCUT2D eigenvalue weighted by molar-refractivity contribution is 0.0499. The van der Waals surface area contributed by atoms with E-state index in [1.54, 1.807) is 17.0 Å². The van der Waals surface area contributed by atoms with Gasteiger partial charge in [0.05, 0.1) is 12.8 Å². The molecule has 1 aromatic rings. The van der Waals surface area contributed by atoms with Crippen molar-refractivity contribution >= 4 is 15.9 Å². The largest absolute Gasteiger partial charge is 0.455 e. The van der Waals surface area contributed by atoms with Crippen LogP contribution in [-0.4, -0.2) is 44.6 Å². The number of likely N-dealkylation sites (tertiary alicyclic amines) is 1. The van der Waals surface area contributed by atoms with Crippen LogP contribution in [0.3, 0.4) is 0 Å². The maximum absolute atomic E-state index is 12.6. The van der Waals surface area contributed by atoms with Gasteiger partial charge < -0.3 is 15.1 Å². The van der Waals surface area contributed by atoms with Gasteiger partial charge in [-0.2, -0.15) is 0 Å². The maximum atomic E-state index is 12.6. The molecule has 0 aromatic carbocycles. The summed E-state index contributed by atoms with van der Waals surface area (Å²) in [6, 6.07) is 3.20. The second-order valence-corrected chi connectivity index (χ2v) is 7.61. The fourth-order valence-electron chi connectivity index (χ4n) is 2.79. The van der Waals surface area contributed by atoms with Crippen LogP contribution in [0.2, 0.25) is 0 Å². The summed E-state index contributed by atoms with van der Waals surface area (Å²) in [5.74, 6) is 0.803. The van der Waals surface area contributed by atoms with Crippen molar-refractivity contribution in [1.29, 1.82) is 0 Å². The Labute approximate surface area is 130 Å². The summed E-state index contributed by atoms with van der Waals surface area (Å²) in [4.78, 5) is 14.3. The Morgan fingerprint density at radius 1 is 1.50 bits per heavy atom. The zero-order valence-electron chi connectivity index (χ0n) is 12.9. The first-order chi connectivity index (χ1) is 10.3. The van der Waals surface area contributed by atoms with Crippen LogP contribution in [0.25, 0.3) is 0 Å². The van der Waals surface area contributed by atoms with Gasteiger partial charge in [0.25, 0.3) is 5.91 Å². The van der Waals surface area contributed by atoms with E-state index in [1.807, 2.05) is 0 Å². The molecule has 2 rings (SSSR count). The first-order valence-electron chi connectivity index (χ1n) is 7.36. The summed E-state index contributed by atoms with van der Waals surface area (Å²) in [6.07, 6.45) is 3.09. The molecule has 1 amide bonds. The molecule has 8 heteroatoms. The van der Waals surface area contributed by atoms with Gasteiger partial charge in [0, 0.05) is 19.1 Å². The Bertz CT molecular complexity index is 626. The van der Waals surface area contributed by atoms with E-state index in [4.69, 9.17) is 10.2 Å². The SMILES string of the molecule is C[C@H]1CCCN(C(=O)c2ccc(CNS(C)(=O)=O)o2)[C@H]1CN. The Balaban J connectivity index is 2.07. The Morgan fingerprint density at radius 3 is 2.86 bits per heavy atom. The minimum atomic E-state index is -3.30. The summed E-state index contributed by atoms with van der Waals surface area (Å²) in [7, 11) is -3.30. The van der Waals surface area contributed by atoms with Gasteiger partial charge in [-0.25, -0.2) is 13.1 Å². The van der Waals surface area contributed by atoms with Gasteiger partial charge in [0.2, 0.25) is 10.0 Å². The molecule has 7 nitrogen and oxygen atoms in total. The highest BCUT2D eigenvalue weighted by Gasteiger charge is 2.32. The number of piperidine rings is 1. The molecule has 0 radical (unpaired) electrons. The van der Waals surface area contributed by atoms with Crippen molar-refractivity contribution in [3.05, 3.63) is 23.7 Å². The number of nitrogens with two attached hydrogens (primary N) is 1. The van der Waals surface area contributed by atoms with Gasteiger partial charge in [-0.15, -0.1) is 0 Å². The predicted molar refractivity (Wildman–Crippen MR) is 82.7 cm³/mol. The first kappa shape index (κ1) is 17.0. The molecule has 0 spiro atoms. The smallest absolute Gasteiger partial charge is 0.289 e. The number of amides is 1. The molecule has 2 atom stereocenters. The van der Waals surface area contributed by atoms with Gasteiger partial charge in [-0.3, -0.25) is 4.79 Å². The van der Waals surface area contributed by atoms with Crippen LogP contribution in [0, 0.1) is 5.92 Å². The molecule has 3 N–H and O–H groups in total. The van der Waals surface area contributed by atoms with Gasteiger partial charge in [-0.05, 0) is 30.9 Å². The van der Waals surface area contributed by atoms with Crippen LogP contribution in [-0.2, 0) is 16.6 Å². The fraction of sp³-hybridized carbons (Fsp3) is 0.643. The first-order valence-corrected chi connectivity index (χ1v) is 9.25. The van der Waals surface area contributed by atoms with Crippen LogP contribution < -0.4 is 10.5 Å². The number of rotatable bonds is 5. The standard InChI is InChI=1S/C14H23N3O4S/c1-10-4-3-7-17(12(10)8-15)14(18)13-6-5-11(21-13)9-16-22(2,19)20/h5-6,10,12,16H,3-4,7-9,15H2,1-2H3/t10-,12-/m0/s1. The zero-order valence-corrected chi connectivity index (χ0v) is 13.7. The highest BCUT2D eigenvalue weighted by Crippen LogP contribution is 2.24. The van der Waals surface area contributed by atoms with Crippen molar-refractivity contribution in [1.82, 2.24) is 9.62 Å². The number of hydrogen-bond donors (Lipinski definition) is 2. The number of hydrogen-bond acceptors (Lipinski definition) is 5. The van der Waals surface area contributed by atoms with Gasteiger partial charge in [0.1, 0.15) is 5.76 Å². The van der Waals surface area contributed by atoms with E-state index in [2.05, 4.69) is 11.6 Å². The van der Waals surface area contributed by atoms with E-state index >= 15 is 0 Å². The van der Waals surface area contributed by atoms with E-state index in [9.17, 15) is 13.2 Å². The predicted octanol–water partition coefficient (Wildman–Crippen LogP) is 0.528. The molecule has 1 saturated heterocycles. The lowest BCUT2D eigenvalue weighted by Crippen LogP contribution is -2.51. The Morgan fingerprint density at radius 2 is 2.23 bits per heavy atom. The molecule has 0 bridgehead atoms. The lowest BCUT2D eigenvalue weighted by atomic mass is 9.90. The van der Waals surface area contributed by atoms with Crippen LogP contribution in [0.5, 0.6) is 0 Å². The van der Waals surface area contributed by atoms with Crippen molar-refractivity contribution in [2.45, 2.75) is 32.4 Å². The number of furan rings is 1. The van der Waals surface area contributed by atoms with Gasteiger partial charge in [0.15, 0.2) is 5.76 Å². The van der Waals surface area contributed by atoms with Crippen LogP contribution >= 0.6 is 0 Å². The molecule has 0 saturated carbocycles. The Hall–Kier alpha value is -1.38. The Kier molecular flexibility index (Phi) is 5.25. The lowest BCUT2D eigenvalue weighted by Gasteiger charge is -2.38. The van der Waals surface area contributed by atoms with Crippen LogP contribution in [0.4, 0.5) is 0 Å². The fourth-order valence-corrected chi connectivity index (χ4v) is 3.20. The third-order valence-corrected chi connectivity index (χ3v) is 4.67. The number of carbonyl (C=O) groups is 1. The van der Waals surface area contributed by atoms with Crippen molar-refractivity contribution in [2.24, 2.45) is 11.7 Å². The summed E-state index contributed by atoms with van der Waals surface area (Å²) in [5.41, 5.74) is 5.80. The van der Waals surface area contributed by atoms with E-state index in [0.717, 1.165) is 19.1 Å². The molecule has 2 heterocycles. The minimum Gasteiger partial charge on any atom is -0.455 e. The molecule has 0 unspecified atom stereocenters. The van der Waals surface area contributed by atoms with E-state index in [0.29, 0.717) is 24.8 Å². The van der Waals surface area contributed by atoms with Crippen LogP contribution in [0.15, 0.2) is 16.5 Å². The monoisotopic (exact) mass is 329 g/mol. The molecule has 22 heavy (non-hydrogen) atoms. The highest BCUT2D eigenvalue weighted by atomic mass is 32.2. The number of nitrogens with one attached hydrogen (secondary N) is 1. The van der Waals surface area contributed by atoms with E-state index in [1.165, 1.54) is 0 Å². The number of nitrogens with zero attached hydrogens (tertiary/aromatic N) is 1. The quantitative estimate of drug-likeness (QED) is 0.819. The second-order valence-electron chi connectivity index (χ2n) is 5.78. The van der Waals surface area contributed by atoms with Gasteiger partial charge >= 0.3 is 0 Å². The van der Waals surface area contributed by atoms with E-state index < -0.39 is 10.0 Å². The third-order valence-electron chi connectivity index (χ3n) is 4.00. The number of sulfonamides is 1. The number of carbonyl (C=O) groups excluding carboxylic acids is 1. The molecule has 1 aliphatic heterocycles. The summed E-state index contributed by atoms with van der Waals surface area (Å²) in [5, 5.41) is 0. The molecule has 1 aromatic heterocycles. The van der Waals surface area contributed by atoms with Crippen molar-refractivity contribution in [3.8, 4) is 0 Å². The van der Waals surface area contributed by atoms with Gasteiger partial charge in [-0.1, -0.05) is 6.92 Å². The topological polar surface area (TPSA) is 106 Å². The second kappa shape index (κ2) is 6.80. The van der Waals surface area contributed by atoms with Crippen LogP contribution in [0.1, 0.15) is 36.1 Å². The molecule has 1 fully saturated rings. The maximum Gasteiger partial charge on any atom is 0.289 e. The average molecular weight is 329 g/mol. The molecule has 0 aliphatic carbocycles. The summed E-state index contributed by atoms with van der Waals surface area (Å²) in [6.45, 7) is 3.22. The summed E-state index contributed by atoms with van der Waals surface area (Å²) >= 11 is 0. The molecule has 124 valence electrons.